The molecule has 1 aromatic heterocycles. The number of hydrogen-bond acceptors (Lipinski definition) is 4. The number of thiazole rings is 1. The van der Waals surface area contributed by atoms with Crippen molar-refractivity contribution in [2.45, 2.75) is 44.0 Å². The molecular formula is C23H27N3O2S2. The first kappa shape index (κ1) is 21.0. The Bertz CT molecular complexity index is 1140. The van der Waals surface area contributed by atoms with E-state index in [9.17, 15) is 8.42 Å². The van der Waals surface area contributed by atoms with Crippen LogP contribution in [0.15, 0.2) is 69.9 Å². The molecule has 30 heavy (non-hydrogen) atoms. The average Bonchev–Trinajstić information content (AvgIpc) is 3.44. The second-order valence-corrected chi connectivity index (χ2v) is 10.3. The zero-order valence-corrected chi connectivity index (χ0v) is 18.8. The molecule has 1 aliphatic heterocycles. The molecule has 5 nitrogen and oxygen atoms in total. The van der Waals surface area contributed by atoms with E-state index < -0.39 is 10.0 Å². The molecule has 0 bridgehead atoms. The minimum atomic E-state index is -3.39. The summed E-state index contributed by atoms with van der Waals surface area (Å²) in [5, 5.41) is 2.11. The third-order valence-electron chi connectivity index (χ3n) is 5.37. The van der Waals surface area contributed by atoms with Gasteiger partial charge in [0, 0.05) is 25.0 Å². The summed E-state index contributed by atoms with van der Waals surface area (Å²) in [5.74, 6) is 0. The maximum Gasteiger partial charge on any atom is 0.243 e. The van der Waals surface area contributed by atoms with Crippen molar-refractivity contribution < 1.29 is 8.42 Å². The maximum absolute atomic E-state index is 12.8. The molecule has 0 aliphatic carbocycles. The van der Waals surface area contributed by atoms with Crippen LogP contribution in [0.4, 0.5) is 5.69 Å². The summed E-state index contributed by atoms with van der Waals surface area (Å²) in [6, 6.07) is 17.3. The number of para-hydroxylation sites is 1. The summed E-state index contributed by atoms with van der Waals surface area (Å²) in [5.41, 5.74) is 3.02. The first-order valence-corrected chi connectivity index (χ1v) is 12.8. The average molecular weight is 442 g/mol. The highest BCUT2D eigenvalue weighted by Gasteiger charge is 2.27. The predicted octanol–water partition coefficient (Wildman–Crippen LogP) is 5.03. The van der Waals surface area contributed by atoms with Gasteiger partial charge in [-0.15, -0.1) is 11.3 Å². The highest BCUT2D eigenvalue weighted by molar-refractivity contribution is 7.89. The van der Waals surface area contributed by atoms with Gasteiger partial charge in [-0.3, -0.25) is 0 Å². The highest BCUT2D eigenvalue weighted by atomic mass is 32.2. The van der Waals surface area contributed by atoms with Crippen LogP contribution in [0, 0.1) is 0 Å². The Hall–Kier alpha value is -2.22. The predicted molar refractivity (Wildman–Crippen MR) is 122 cm³/mol. The van der Waals surface area contributed by atoms with Gasteiger partial charge in [0.1, 0.15) is 0 Å². The molecule has 0 spiro atoms. The van der Waals surface area contributed by atoms with Crippen LogP contribution in [0.3, 0.4) is 0 Å². The molecular weight excluding hydrogens is 414 g/mol. The summed E-state index contributed by atoms with van der Waals surface area (Å²) < 4.78 is 29.4. The van der Waals surface area contributed by atoms with Crippen LogP contribution in [-0.2, 0) is 16.6 Å². The first-order chi connectivity index (χ1) is 14.6. The molecule has 0 atom stereocenters. The van der Waals surface area contributed by atoms with Crippen LogP contribution in [-0.4, -0.2) is 30.4 Å². The third-order valence-corrected chi connectivity index (χ3v) is 8.14. The molecule has 158 valence electrons. The maximum atomic E-state index is 12.8. The quantitative estimate of drug-likeness (QED) is 0.516. The minimum absolute atomic E-state index is 0.373. The molecule has 2 heterocycles. The molecule has 4 rings (SSSR count). The number of aromatic nitrogens is 1. The van der Waals surface area contributed by atoms with Gasteiger partial charge in [-0.2, -0.15) is 4.31 Å². The molecule has 1 saturated heterocycles. The largest absolute Gasteiger partial charge is 0.316 e. The van der Waals surface area contributed by atoms with E-state index in [2.05, 4.69) is 16.9 Å². The summed E-state index contributed by atoms with van der Waals surface area (Å²) >= 11 is 1.62. The first-order valence-electron chi connectivity index (χ1n) is 10.5. The van der Waals surface area contributed by atoms with Crippen LogP contribution in [0.25, 0.3) is 11.3 Å². The molecule has 0 radical (unpaired) electrons. The van der Waals surface area contributed by atoms with Crippen molar-refractivity contribution in [3.63, 3.8) is 0 Å². The van der Waals surface area contributed by atoms with Gasteiger partial charge in [0.25, 0.3) is 0 Å². The molecule has 0 N–H and O–H groups in total. The Labute approximate surface area is 182 Å². The Morgan fingerprint density at radius 2 is 1.70 bits per heavy atom. The van der Waals surface area contributed by atoms with Gasteiger partial charge >= 0.3 is 0 Å². The third kappa shape index (κ3) is 4.43. The summed E-state index contributed by atoms with van der Waals surface area (Å²) in [6.45, 7) is 4.30. The lowest BCUT2D eigenvalue weighted by Crippen LogP contribution is -2.27. The van der Waals surface area contributed by atoms with Crippen LogP contribution in [0.2, 0.25) is 0 Å². The summed E-state index contributed by atoms with van der Waals surface area (Å²) in [6.07, 6.45) is 4.04. The number of benzene rings is 2. The van der Waals surface area contributed by atoms with Crippen molar-refractivity contribution in [1.82, 2.24) is 8.87 Å². The van der Waals surface area contributed by atoms with Crippen molar-refractivity contribution >= 4 is 27.0 Å². The lowest BCUT2D eigenvalue weighted by Gasteiger charge is -2.16. The van der Waals surface area contributed by atoms with Crippen LogP contribution in [0.5, 0.6) is 0 Å². The molecule has 1 aliphatic rings. The molecule has 1 fully saturated rings. The summed E-state index contributed by atoms with van der Waals surface area (Å²) in [4.78, 5) is 6.16. The fourth-order valence-electron chi connectivity index (χ4n) is 3.67. The van der Waals surface area contributed by atoms with Gasteiger partial charge in [-0.1, -0.05) is 43.7 Å². The van der Waals surface area contributed by atoms with E-state index in [4.69, 9.17) is 4.99 Å². The van der Waals surface area contributed by atoms with Crippen molar-refractivity contribution in [3.8, 4) is 11.3 Å². The number of unbranched alkanes of at least 4 members (excludes halogenated alkanes) is 1. The van der Waals surface area contributed by atoms with Crippen LogP contribution < -0.4 is 4.80 Å². The van der Waals surface area contributed by atoms with E-state index in [1.165, 1.54) is 0 Å². The van der Waals surface area contributed by atoms with E-state index in [0.717, 1.165) is 54.0 Å². The van der Waals surface area contributed by atoms with Crippen LogP contribution >= 0.6 is 11.3 Å². The Morgan fingerprint density at radius 3 is 2.37 bits per heavy atom. The number of nitrogens with zero attached hydrogens (tertiary/aromatic N) is 3. The molecule has 0 amide bonds. The molecule has 0 saturated carbocycles. The minimum Gasteiger partial charge on any atom is -0.316 e. The Morgan fingerprint density at radius 1 is 1.00 bits per heavy atom. The number of hydrogen-bond donors (Lipinski definition) is 0. The van der Waals surface area contributed by atoms with Gasteiger partial charge < -0.3 is 4.57 Å². The monoisotopic (exact) mass is 441 g/mol. The zero-order chi connectivity index (χ0) is 21.0. The summed E-state index contributed by atoms with van der Waals surface area (Å²) in [7, 11) is -3.39. The van der Waals surface area contributed by atoms with Gasteiger partial charge in [0.05, 0.1) is 16.3 Å². The van der Waals surface area contributed by atoms with E-state index in [0.29, 0.717) is 18.0 Å². The Kier molecular flexibility index (Phi) is 6.51. The smallest absolute Gasteiger partial charge is 0.243 e. The molecule has 0 unspecified atom stereocenters. The lowest BCUT2D eigenvalue weighted by molar-refractivity contribution is 0.477. The second-order valence-electron chi connectivity index (χ2n) is 7.49. The second kappa shape index (κ2) is 9.29. The fraction of sp³-hybridized carbons (Fsp3) is 0.348. The van der Waals surface area contributed by atoms with Gasteiger partial charge in [-0.05, 0) is 49.1 Å². The fourth-order valence-corrected chi connectivity index (χ4v) is 6.14. The SMILES string of the molecule is CCCCn1c(-c2ccc(S(=O)(=O)N3CCCC3)cc2)csc1=Nc1ccccc1. The molecule has 3 aromatic rings. The number of rotatable bonds is 7. The Balaban J connectivity index is 1.69. The molecule has 7 heteroatoms. The van der Waals surface area contributed by atoms with E-state index in [1.807, 2.05) is 42.5 Å². The van der Waals surface area contributed by atoms with Gasteiger partial charge in [-0.25, -0.2) is 13.4 Å². The zero-order valence-electron chi connectivity index (χ0n) is 17.2. The van der Waals surface area contributed by atoms with E-state index in [1.54, 1.807) is 27.8 Å². The van der Waals surface area contributed by atoms with Gasteiger partial charge in [0.15, 0.2) is 4.80 Å². The topological polar surface area (TPSA) is 54.7 Å². The number of sulfonamides is 1. The molecule has 2 aromatic carbocycles. The van der Waals surface area contributed by atoms with Crippen molar-refractivity contribution in [3.05, 3.63) is 64.8 Å². The van der Waals surface area contributed by atoms with Crippen LogP contribution in [0.1, 0.15) is 32.6 Å². The van der Waals surface area contributed by atoms with E-state index in [-0.39, 0.29) is 0 Å². The highest BCUT2D eigenvalue weighted by Crippen LogP contribution is 2.26. The van der Waals surface area contributed by atoms with E-state index >= 15 is 0 Å². The normalized spacial score (nSPS) is 15.7. The van der Waals surface area contributed by atoms with Crippen molar-refractivity contribution in [1.29, 1.82) is 0 Å². The lowest BCUT2D eigenvalue weighted by atomic mass is 10.1. The van der Waals surface area contributed by atoms with Crippen molar-refractivity contribution in [2.75, 3.05) is 13.1 Å². The standard InChI is InChI=1S/C23H27N3O2S2/c1-2-3-17-26-22(18-29-23(26)24-20-9-5-4-6-10-20)19-11-13-21(14-12-19)30(27,28)25-15-7-8-16-25/h4-6,9-14,18H,2-3,7-8,15-17H2,1H3. The van der Waals surface area contributed by atoms with Gasteiger partial charge in [0.2, 0.25) is 10.0 Å². The van der Waals surface area contributed by atoms with Crippen molar-refractivity contribution in [2.24, 2.45) is 4.99 Å².